The van der Waals surface area contributed by atoms with Gasteiger partial charge in [0.25, 0.3) is 0 Å². The topological polar surface area (TPSA) is 128 Å². The second-order valence-corrected chi connectivity index (χ2v) is 4.85. The highest BCUT2D eigenvalue weighted by molar-refractivity contribution is 5.88. The van der Waals surface area contributed by atoms with E-state index in [9.17, 15) is 19.5 Å². The third kappa shape index (κ3) is 4.87. The number of hydrogen-bond acceptors (Lipinski definition) is 5. The smallest absolute Gasteiger partial charge is 0.326 e. The number of methoxy groups -OCH3 is 1. The number of likely N-dealkylation sites (tertiary alicyclic amines) is 1. The standard InChI is InChI=1S/C12H21N3O6/c1-7(10(17)13-3-4-21-2)14-12(20)15-6-8(16)5-9(15)11(18)19/h7-9,16H,3-6H2,1-2H3,(H,13,17)(H,14,20)(H,18,19). The molecule has 9 heteroatoms. The van der Waals surface area contributed by atoms with E-state index in [1.165, 1.54) is 14.0 Å². The van der Waals surface area contributed by atoms with E-state index in [4.69, 9.17) is 9.84 Å². The molecule has 0 saturated carbocycles. The average molecular weight is 303 g/mol. The summed E-state index contributed by atoms with van der Waals surface area (Å²) in [6.45, 7) is 2.09. The summed E-state index contributed by atoms with van der Waals surface area (Å²) in [6.07, 6.45) is -0.889. The van der Waals surface area contributed by atoms with Gasteiger partial charge in [0.2, 0.25) is 5.91 Å². The number of carboxylic acid groups (broad SMARTS) is 1. The van der Waals surface area contributed by atoms with Crippen LogP contribution in [-0.2, 0) is 14.3 Å². The largest absolute Gasteiger partial charge is 0.480 e. The Hall–Kier alpha value is -1.87. The van der Waals surface area contributed by atoms with Crippen LogP contribution < -0.4 is 10.6 Å². The number of nitrogens with zero attached hydrogens (tertiary/aromatic N) is 1. The number of carboxylic acids is 1. The van der Waals surface area contributed by atoms with Gasteiger partial charge in [0.1, 0.15) is 12.1 Å². The van der Waals surface area contributed by atoms with Gasteiger partial charge in [-0.2, -0.15) is 0 Å². The molecule has 0 radical (unpaired) electrons. The lowest BCUT2D eigenvalue weighted by molar-refractivity contribution is -0.141. The summed E-state index contributed by atoms with van der Waals surface area (Å²) in [5.74, 6) is -1.58. The molecule has 0 aromatic rings. The SMILES string of the molecule is COCCNC(=O)C(C)NC(=O)N1CC(O)CC1C(=O)O. The Morgan fingerprint density at radius 2 is 2.10 bits per heavy atom. The summed E-state index contributed by atoms with van der Waals surface area (Å²) in [5.41, 5.74) is 0. The number of aliphatic hydroxyl groups excluding tert-OH is 1. The highest BCUT2D eigenvalue weighted by atomic mass is 16.5. The Bertz CT molecular complexity index is 402. The Kier molecular flexibility index (Phi) is 6.38. The van der Waals surface area contributed by atoms with Crippen molar-refractivity contribution in [3.05, 3.63) is 0 Å². The molecule has 120 valence electrons. The monoisotopic (exact) mass is 303 g/mol. The van der Waals surface area contributed by atoms with Crippen LogP contribution in [-0.4, -0.2) is 78.0 Å². The molecule has 1 fully saturated rings. The number of aliphatic carboxylic acids is 1. The first-order valence-electron chi connectivity index (χ1n) is 6.61. The number of urea groups is 1. The van der Waals surface area contributed by atoms with Crippen molar-refractivity contribution in [3.63, 3.8) is 0 Å². The van der Waals surface area contributed by atoms with Crippen LogP contribution in [0, 0.1) is 0 Å². The minimum atomic E-state index is -1.18. The fourth-order valence-electron chi connectivity index (χ4n) is 2.04. The van der Waals surface area contributed by atoms with Gasteiger partial charge in [-0.15, -0.1) is 0 Å². The van der Waals surface area contributed by atoms with E-state index in [1.807, 2.05) is 0 Å². The summed E-state index contributed by atoms with van der Waals surface area (Å²) in [6, 6.07) is -2.58. The van der Waals surface area contributed by atoms with Gasteiger partial charge >= 0.3 is 12.0 Å². The van der Waals surface area contributed by atoms with Gasteiger partial charge in [-0.3, -0.25) is 4.79 Å². The summed E-state index contributed by atoms with van der Waals surface area (Å²) < 4.78 is 4.78. The molecule has 0 bridgehead atoms. The predicted octanol–water partition coefficient (Wildman–Crippen LogP) is -1.63. The minimum absolute atomic E-state index is 0.0167. The first-order valence-corrected chi connectivity index (χ1v) is 6.61. The van der Waals surface area contributed by atoms with Crippen LogP contribution >= 0.6 is 0 Å². The quantitative estimate of drug-likeness (QED) is 0.436. The first-order chi connectivity index (χ1) is 9.86. The molecule has 1 heterocycles. The van der Waals surface area contributed by atoms with Crippen molar-refractivity contribution in [2.45, 2.75) is 31.5 Å². The van der Waals surface area contributed by atoms with Gasteiger partial charge < -0.3 is 30.5 Å². The second-order valence-electron chi connectivity index (χ2n) is 4.85. The molecule has 3 atom stereocenters. The molecular weight excluding hydrogens is 282 g/mol. The number of β-amino-alcohol motifs (C(OH)–C–C–N with tert-alkyl or cyclic N) is 1. The zero-order valence-electron chi connectivity index (χ0n) is 12.0. The van der Waals surface area contributed by atoms with Gasteiger partial charge in [0.15, 0.2) is 0 Å². The van der Waals surface area contributed by atoms with E-state index in [0.29, 0.717) is 13.2 Å². The molecular formula is C12H21N3O6. The van der Waals surface area contributed by atoms with Crippen LogP contribution in [0.4, 0.5) is 4.79 Å². The molecule has 3 unspecified atom stereocenters. The molecule has 1 rings (SSSR count). The average Bonchev–Trinajstić information content (AvgIpc) is 2.81. The summed E-state index contributed by atoms with van der Waals surface area (Å²) in [7, 11) is 1.50. The summed E-state index contributed by atoms with van der Waals surface area (Å²) in [5, 5.41) is 23.5. The lowest BCUT2D eigenvalue weighted by Crippen LogP contribution is -2.52. The summed E-state index contributed by atoms with van der Waals surface area (Å²) >= 11 is 0. The Morgan fingerprint density at radius 3 is 2.67 bits per heavy atom. The number of aliphatic hydroxyl groups is 1. The molecule has 1 saturated heterocycles. The molecule has 1 aliphatic heterocycles. The second kappa shape index (κ2) is 7.79. The van der Waals surface area contributed by atoms with Crippen molar-refractivity contribution in [1.82, 2.24) is 15.5 Å². The van der Waals surface area contributed by atoms with Crippen molar-refractivity contribution in [2.75, 3.05) is 26.8 Å². The molecule has 3 amide bonds. The molecule has 21 heavy (non-hydrogen) atoms. The number of nitrogens with one attached hydrogen (secondary N) is 2. The van der Waals surface area contributed by atoms with Crippen LogP contribution in [0.25, 0.3) is 0 Å². The molecule has 1 aliphatic rings. The highest BCUT2D eigenvalue weighted by Crippen LogP contribution is 2.18. The third-order valence-corrected chi connectivity index (χ3v) is 3.16. The van der Waals surface area contributed by atoms with Crippen LogP contribution in [0.1, 0.15) is 13.3 Å². The van der Waals surface area contributed by atoms with E-state index in [1.54, 1.807) is 0 Å². The van der Waals surface area contributed by atoms with Gasteiger partial charge in [-0.25, -0.2) is 9.59 Å². The zero-order valence-corrected chi connectivity index (χ0v) is 12.0. The number of carbonyl (C=O) groups excluding carboxylic acids is 2. The van der Waals surface area contributed by atoms with Crippen molar-refractivity contribution in [3.8, 4) is 0 Å². The molecule has 0 spiro atoms. The van der Waals surface area contributed by atoms with Crippen LogP contribution in [0.3, 0.4) is 0 Å². The van der Waals surface area contributed by atoms with Crippen LogP contribution in [0.2, 0.25) is 0 Å². The molecule has 0 aromatic carbocycles. The van der Waals surface area contributed by atoms with Gasteiger partial charge in [-0.05, 0) is 6.92 Å². The number of carbonyl (C=O) groups is 3. The normalized spacial score (nSPS) is 22.7. The molecule has 0 aliphatic carbocycles. The first kappa shape index (κ1) is 17.2. The fourth-order valence-corrected chi connectivity index (χ4v) is 2.04. The fraction of sp³-hybridized carbons (Fsp3) is 0.750. The zero-order chi connectivity index (χ0) is 16.0. The summed E-state index contributed by atoms with van der Waals surface area (Å²) in [4.78, 5) is 35.7. The Balaban J connectivity index is 2.51. The number of hydrogen-bond donors (Lipinski definition) is 4. The Morgan fingerprint density at radius 1 is 1.43 bits per heavy atom. The molecule has 0 aromatic heterocycles. The maximum absolute atomic E-state index is 12.0. The van der Waals surface area contributed by atoms with E-state index in [-0.39, 0.29) is 13.0 Å². The number of amides is 3. The van der Waals surface area contributed by atoms with E-state index in [0.717, 1.165) is 4.90 Å². The van der Waals surface area contributed by atoms with Crippen LogP contribution in [0.15, 0.2) is 0 Å². The Labute approximate surface area is 122 Å². The van der Waals surface area contributed by atoms with Crippen molar-refractivity contribution >= 4 is 17.9 Å². The van der Waals surface area contributed by atoms with E-state index < -0.39 is 36.1 Å². The van der Waals surface area contributed by atoms with Gasteiger partial charge in [0, 0.05) is 26.6 Å². The number of rotatable bonds is 6. The lowest BCUT2D eigenvalue weighted by atomic mass is 10.2. The van der Waals surface area contributed by atoms with Crippen molar-refractivity contribution in [1.29, 1.82) is 0 Å². The maximum atomic E-state index is 12.0. The van der Waals surface area contributed by atoms with Crippen LogP contribution in [0.5, 0.6) is 0 Å². The lowest BCUT2D eigenvalue weighted by Gasteiger charge is -2.23. The maximum Gasteiger partial charge on any atom is 0.326 e. The van der Waals surface area contributed by atoms with Gasteiger partial charge in [0.05, 0.1) is 12.7 Å². The van der Waals surface area contributed by atoms with E-state index in [2.05, 4.69) is 10.6 Å². The highest BCUT2D eigenvalue weighted by Gasteiger charge is 2.39. The van der Waals surface area contributed by atoms with Gasteiger partial charge in [-0.1, -0.05) is 0 Å². The minimum Gasteiger partial charge on any atom is -0.480 e. The predicted molar refractivity (Wildman–Crippen MR) is 71.6 cm³/mol. The third-order valence-electron chi connectivity index (χ3n) is 3.16. The van der Waals surface area contributed by atoms with Crippen molar-refractivity contribution in [2.24, 2.45) is 0 Å². The number of ether oxygens (including phenoxy) is 1. The van der Waals surface area contributed by atoms with Crippen molar-refractivity contribution < 1.29 is 29.3 Å². The molecule has 4 N–H and O–H groups in total. The van der Waals surface area contributed by atoms with E-state index >= 15 is 0 Å². The molecule has 9 nitrogen and oxygen atoms in total.